The molecule has 0 unspecified atom stereocenters. The number of quaternary nitrogens is 1. The second kappa shape index (κ2) is 5.57. The normalized spacial score (nSPS) is 11.4. The van der Waals surface area contributed by atoms with Crippen molar-refractivity contribution < 1.29 is 4.90 Å². The van der Waals surface area contributed by atoms with Crippen LogP contribution in [0.15, 0.2) is 23.0 Å². The standard InChI is InChI=1S/C16H22N2O/c1-5-18(6-2)10-14-12(4)17-15-11(3)8-7-9-13(15)16(14)19/h7-9H,5-6,10H2,1-4H3,(H,17,19)/p+1. The smallest absolute Gasteiger partial charge is 0.198 e. The Kier molecular flexibility index (Phi) is 4.05. The van der Waals surface area contributed by atoms with Gasteiger partial charge in [0.25, 0.3) is 0 Å². The average molecular weight is 259 g/mol. The van der Waals surface area contributed by atoms with E-state index in [9.17, 15) is 4.79 Å². The Bertz CT molecular complexity index is 639. The zero-order chi connectivity index (χ0) is 14.0. The lowest BCUT2D eigenvalue weighted by molar-refractivity contribution is -0.910. The van der Waals surface area contributed by atoms with Crippen LogP contribution in [-0.2, 0) is 6.54 Å². The summed E-state index contributed by atoms with van der Waals surface area (Å²) in [6.07, 6.45) is 0. The van der Waals surface area contributed by atoms with Gasteiger partial charge in [0.05, 0.1) is 24.2 Å². The molecule has 0 saturated carbocycles. The minimum absolute atomic E-state index is 0.189. The fourth-order valence-electron chi connectivity index (χ4n) is 2.58. The molecule has 0 fully saturated rings. The maximum atomic E-state index is 12.6. The number of rotatable bonds is 4. The molecule has 0 spiro atoms. The van der Waals surface area contributed by atoms with Gasteiger partial charge in [0, 0.05) is 11.1 Å². The molecule has 0 aliphatic rings. The number of aromatic amines is 1. The van der Waals surface area contributed by atoms with Gasteiger partial charge in [0.1, 0.15) is 6.54 Å². The second-order valence-corrected chi connectivity index (χ2v) is 5.19. The highest BCUT2D eigenvalue weighted by molar-refractivity contribution is 5.82. The molecule has 0 amide bonds. The molecule has 0 radical (unpaired) electrons. The zero-order valence-corrected chi connectivity index (χ0v) is 12.3. The molecular formula is C16H23N2O+. The first kappa shape index (κ1) is 13.8. The molecule has 2 aromatic rings. The zero-order valence-electron chi connectivity index (χ0n) is 12.3. The minimum atomic E-state index is 0.189. The van der Waals surface area contributed by atoms with E-state index in [-0.39, 0.29) is 5.43 Å². The number of hydrogen-bond donors (Lipinski definition) is 2. The molecule has 1 aromatic heterocycles. The largest absolute Gasteiger partial charge is 0.358 e. The van der Waals surface area contributed by atoms with E-state index in [1.807, 2.05) is 32.0 Å². The summed E-state index contributed by atoms with van der Waals surface area (Å²) in [7, 11) is 0. The van der Waals surface area contributed by atoms with E-state index in [1.165, 1.54) is 4.90 Å². The molecular weight excluding hydrogens is 236 g/mol. The second-order valence-electron chi connectivity index (χ2n) is 5.19. The van der Waals surface area contributed by atoms with Crippen molar-refractivity contribution in [1.82, 2.24) is 4.98 Å². The van der Waals surface area contributed by atoms with E-state index in [0.29, 0.717) is 0 Å². The highest BCUT2D eigenvalue weighted by atomic mass is 16.1. The number of fused-ring (bicyclic) bond motifs is 1. The summed E-state index contributed by atoms with van der Waals surface area (Å²) in [6.45, 7) is 11.3. The molecule has 0 aliphatic carbocycles. The first-order chi connectivity index (χ1) is 9.08. The lowest BCUT2D eigenvalue weighted by Gasteiger charge is -2.17. The summed E-state index contributed by atoms with van der Waals surface area (Å²) in [4.78, 5) is 17.5. The van der Waals surface area contributed by atoms with Crippen LogP contribution in [0.5, 0.6) is 0 Å². The van der Waals surface area contributed by atoms with Crippen LogP contribution in [0.1, 0.15) is 30.7 Å². The van der Waals surface area contributed by atoms with E-state index in [1.54, 1.807) is 0 Å². The predicted octanol–water partition coefficient (Wildman–Crippen LogP) is 1.57. The van der Waals surface area contributed by atoms with E-state index >= 15 is 0 Å². The Morgan fingerprint density at radius 2 is 1.84 bits per heavy atom. The summed E-state index contributed by atoms with van der Waals surface area (Å²) in [6, 6.07) is 5.91. The fourth-order valence-corrected chi connectivity index (χ4v) is 2.58. The first-order valence-corrected chi connectivity index (χ1v) is 7.03. The van der Waals surface area contributed by atoms with E-state index in [2.05, 4.69) is 18.8 Å². The van der Waals surface area contributed by atoms with Gasteiger partial charge in [-0.05, 0) is 39.3 Å². The van der Waals surface area contributed by atoms with Crippen LogP contribution in [-0.4, -0.2) is 18.1 Å². The quantitative estimate of drug-likeness (QED) is 0.859. The summed E-state index contributed by atoms with van der Waals surface area (Å²) < 4.78 is 0. The topological polar surface area (TPSA) is 37.3 Å². The number of pyridine rings is 1. The number of benzene rings is 1. The Labute approximate surface area is 114 Å². The van der Waals surface area contributed by atoms with Gasteiger partial charge in [-0.1, -0.05) is 12.1 Å². The van der Waals surface area contributed by atoms with Crippen LogP contribution in [0, 0.1) is 13.8 Å². The van der Waals surface area contributed by atoms with Crippen LogP contribution in [0.4, 0.5) is 0 Å². The maximum Gasteiger partial charge on any atom is 0.198 e. The third kappa shape index (κ3) is 2.56. The third-order valence-corrected chi connectivity index (χ3v) is 3.98. The Morgan fingerprint density at radius 1 is 1.16 bits per heavy atom. The van der Waals surface area contributed by atoms with Gasteiger partial charge in [-0.25, -0.2) is 0 Å². The molecule has 0 atom stereocenters. The summed E-state index contributed by atoms with van der Waals surface area (Å²) in [5.41, 5.74) is 4.22. The van der Waals surface area contributed by atoms with Gasteiger partial charge in [-0.15, -0.1) is 0 Å². The van der Waals surface area contributed by atoms with Gasteiger partial charge in [-0.2, -0.15) is 0 Å². The van der Waals surface area contributed by atoms with Crippen molar-refractivity contribution >= 4 is 10.9 Å². The van der Waals surface area contributed by atoms with Crippen LogP contribution in [0.25, 0.3) is 10.9 Å². The van der Waals surface area contributed by atoms with Gasteiger partial charge >= 0.3 is 0 Å². The van der Waals surface area contributed by atoms with Gasteiger partial charge in [0.2, 0.25) is 0 Å². The summed E-state index contributed by atoms with van der Waals surface area (Å²) in [5.74, 6) is 0. The molecule has 0 bridgehead atoms. The van der Waals surface area contributed by atoms with Crippen LogP contribution in [0.2, 0.25) is 0 Å². The van der Waals surface area contributed by atoms with Crippen LogP contribution < -0.4 is 10.3 Å². The van der Waals surface area contributed by atoms with Crippen molar-refractivity contribution in [2.24, 2.45) is 0 Å². The Morgan fingerprint density at radius 3 is 2.47 bits per heavy atom. The highest BCUT2D eigenvalue weighted by Gasteiger charge is 2.14. The van der Waals surface area contributed by atoms with E-state index in [4.69, 9.17) is 0 Å². The number of aryl methyl sites for hydroxylation is 2. The molecule has 0 saturated heterocycles. The lowest BCUT2D eigenvalue weighted by Crippen LogP contribution is -3.10. The average Bonchev–Trinajstić information content (AvgIpc) is 2.40. The molecule has 1 aromatic carbocycles. The summed E-state index contributed by atoms with van der Waals surface area (Å²) >= 11 is 0. The van der Waals surface area contributed by atoms with Crippen molar-refractivity contribution in [3.05, 3.63) is 45.2 Å². The molecule has 19 heavy (non-hydrogen) atoms. The SMILES string of the molecule is CC[NH+](CC)Cc1c(C)[nH]c2c(C)cccc2c1=O. The molecule has 3 heteroatoms. The van der Waals surface area contributed by atoms with Crippen LogP contribution >= 0.6 is 0 Å². The fraction of sp³-hybridized carbons (Fsp3) is 0.438. The van der Waals surface area contributed by atoms with E-state index < -0.39 is 0 Å². The number of aromatic nitrogens is 1. The number of para-hydroxylation sites is 1. The molecule has 0 aliphatic heterocycles. The molecule has 2 N–H and O–H groups in total. The lowest BCUT2D eigenvalue weighted by atomic mass is 10.1. The number of nitrogens with one attached hydrogen (secondary N) is 2. The minimum Gasteiger partial charge on any atom is -0.358 e. The van der Waals surface area contributed by atoms with Crippen LogP contribution in [0.3, 0.4) is 0 Å². The Hall–Kier alpha value is -1.61. The monoisotopic (exact) mass is 259 g/mol. The van der Waals surface area contributed by atoms with Gasteiger partial charge in [-0.3, -0.25) is 4.79 Å². The van der Waals surface area contributed by atoms with Gasteiger partial charge in [0.15, 0.2) is 5.43 Å². The summed E-state index contributed by atoms with van der Waals surface area (Å²) in [5, 5.41) is 0.812. The molecule has 1 heterocycles. The van der Waals surface area contributed by atoms with Crippen molar-refractivity contribution in [3.63, 3.8) is 0 Å². The highest BCUT2D eigenvalue weighted by Crippen LogP contribution is 2.14. The predicted molar refractivity (Wildman–Crippen MR) is 79.8 cm³/mol. The van der Waals surface area contributed by atoms with E-state index in [0.717, 1.165) is 47.4 Å². The third-order valence-electron chi connectivity index (χ3n) is 3.98. The molecule has 2 rings (SSSR count). The van der Waals surface area contributed by atoms with Gasteiger partial charge < -0.3 is 9.88 Å². The number of H-pyrrole nitrogens is 1. The van der Waals surface area contributed by atoms with Crippen molar-refractivity contribution in [2.45, 2.75) is 34.2 Å². The van der Waals surface area contributed by atoms with Crippen molar-refractivity contribution in [1.29, 1.82) is 0 Å². The number of hydrogen-bond acceptors (Lipinski definition) is 1. The molecule has 102 valence electrons. The first-order valence-electron chi connectivity index (χ1n) is 7.03. The van der Waals surface area contributed by atoms with Crippen molar-refractivity contribution in [2.75, 3.05) is 13.1 Å². The Balaban J connectivity index is 2.60. The molecule has 3 nitrogen and oxygen atoms in total. The maximum absolute atomic E-state index is 12.6. The van der Waals surface area contributed by atoms with Crippen molar-refractivity contribution in [3.8, 4) is 0 Å².